The second kappa shape index (κ2) is 4.17. The maximum absolute atomic E-state index is 3.92. The van der Waals surface area contributed by atoms with E-state index in [1.54, 1.807) is 0 Å². The molecular formula is C11H18N2. The van der Waals surface area contributed by atoms with Crippen molar-refractivity contribution in [3.63, 3.8) is 0 Å². The highest BCUT2D eigenvalue weighted by molar-refractivity contribution is 5.37. The Bertz CT molecular complexity index is 259. The van der Waals surface area contributed by atoms with E-state index in [1.807, 2.05) is 7.05 Å². The third kappa shape index (κ3) is 2.38. The molecule has 0 fully saturated rings. The lowest BCUT2D eigenvalue weighted by Crippen LogP contribution is -2.24. The summed E-state index contributed by atoms with van der Waals surface area (Å²) in [6.07, 6.45) is 4.38. The first-order valence-electron chi connectivity index (χ1n) is 4.67. The second-order valence-corrected chi connectivity index (χ2v) is 3.53. The molecule has 2 heteroatoms. The molecule has 0 aromatic heterocycles. The van der Waals surface area contributed by atoms with Gasteiger partial charge in [-0.05, 0) is 17.6 Å². The minimum Gasteiger partial charge on any atom is -0.387 e. The average Bonchev–Trinajstić information content (AvgIpc) is 2.17. The Morgan fingerprint density at radius 1 is 1.62 bits per heavy atom. The molecule has 1 aliphatic rings. The lowest BCUT2D eigenvalue weighted by atomic mass is 9.99. The zero-order valence-electron chi connectivity index (χ0n) is 8.65. The quantitative estimate of drug-likeness (QED) is 0.688. The predicted molar refractivity (Wildman–Crippen MR) is 57.2 cm³/mol. The maximum atomic E-state index is 3.92. The minimum absolute atomic E-state index is 0.585. The van der Waals surface area contributed by atoms with E-state index in [0.29, 0.717) is 5.92 Å². The van der Waals surface area contributed by atoms with Gasteiger partial charge in [-0.15, -0.1) is 0 Å². The Hall–Kier alpha value is -1.18. The summed E-state index contributed by atoms with van der Waals surface area (Å²) >= 11 is 0. The molecule has 0 aliphatic carbocycles. The monoisotopic (exact) mass is 178 g/mol. The first kappa shape index (κ1) is 9.90. The molecule has 0 aromatic rings. The molecule has 0 atom stereocenters. The molecule has 0 aromatic carbocycles. The van der Waals surface area contributed by atoms with Gasteiger partial charge < -0.3 is 10.6 Å². The molecule has 1 heterocycles. The van der Waals surface area contributed by atoms with E-state index >= 15 is 0 Å². The highest BCUT2D eigenvalue weighted by Gasteiger charge is 2.08. The van der Waals surface area contributed by atoms with Gasteiger partial charge in [0.25, 0.3) is 0 Å². The standard InChI is InChI=1S/C11H18N2/c1-8(2)10-5-6-13-11(7-10)9(3)12-4/h5,7-8,12-13H,3,6H2,1-2,4H3. The molecule has 0 radical (unpaired) electrons. The van der Waals surface area contributed by atoms with Crippen LogP contribution in [0.5, 0.6) is 0 Å². The van der Waals surface area contributed by atoms with Crippen molar-refractivity contribution in [2.24, 2.45) is 5.92 Å². The van der Waals surface area contributed by atoms with Gasteiger partial charge in [0.1, 0.15) is 0 Å². The van der Waals surface area contributed by atoms with Crippen molar-refractivity contribution in [1.29, 1.82) is 0 Å². The zero-order valence-corrected chi connectivity index (χ0v) is 8.65. The third-order valence-electron chi connectivity index (χ3n) is 2.23. The molecule has 0 bridgehead atoms. The summed E-state index contributed by atoms with van der Waals surface area (Å²) in [5.74, 6) is 0.585. The number of likely N-dealkylation sites (N-methyl/N-ethyl adjacent to an activating group) is 1. The molecule has 0 unspecified atom stereocenters. The van der Waals surface area contributed by atoms with Crippen LogP contribution in [0.15, 0.2) is 35.7 Å². The number of allylic oxidation sites excluding steroid dienone is 2. The van der Waals surface area contributed by atoms with Crippen molar-refractivity contribution in [1.82, 2.24) is 10.6 Å². The molecule has 13 heavy (non-hydrogen) atoms. The van der Waals surface area contributed by atoms with Gasteiger partial charge in [-0.2, -0.15) is 0 Å². The summed E-state index contributed by atoms with van der Waals surface area (Å²) in [6.45, 7) is 9.23. The fourth-order valence-corrected chi connectivity index (χ4v) is 1.29. The van der Waals surface area contributed by atoms with E-state index in [0.717, 1.165) is 17.9 Å². The number of dihydropyridines is 1. The predicted octanol–water partition coefficient (Wildman–Crippen LogP) is 1.79. The van der Waals surface area contributed by atoms with Gasteiger partial charge in [-0.1, -0.05) is 26.5 Å². The zero-order chi connectivity index (χ0) is 9.84. The normalized spacial score (nSPS) is 16.0. The van der Waals surface area contributed by atoms with E-state index in [4.69, 9.17) is 0 Å². The average molecular weight is 178 g/mol. The van der Waals surface area contributed by atoms with E-state index < -0.39 is 0 Å². The number of hydrogen-bond donors (Lipinski definition) is 2. The van der Waals surface area contributed by atoms with Gasteiger partial charge in [-0.3, -0.25) is 0 Å². The largest absolute Gasteiger partial charge is 0.387 e. The van der Waals surface area contributed by atoms with Gasteiger partial charge in [-0.25, -0.2) is 0 Å². The Morgan fingerprint density at radius 3 is 2.85 bits per heavy atom. The molecule has 0 saturated heterocycles. The van der Waals surface area contributed by atoms with Gasteiger partial charge in [0.15, 0.2) is 0 Å². The van der Waals surface area contributed by atoms with Gasteiger partial charge in [0, 0.05) is 13.6 Å². The van der Waals surface area contributed by atoms with Crippen LogP contribution in [0.3, 0.4) is 0 Å². The molecule has 0 amide bonds. The number of nitrogens with one attached hydrogen (secondary N) is 2. The number of rotatable bonds is 3. The van der Waals surface area contributed by atoms with Crippen LogP contribution in [0.4, 0.5) is 0 Å². The van der Waals surface area contributed by atoms with Crippen LogP contribution in [0.1, 0.15) is 13.8 Å². The Kier molecular flexibility index (Phi) is 3.18. The van der Waals surface area contributed by atoms with Gasteiger partial charge in [0.05, 0.1) is 11.4 Å². The van der Waals surface area contributed by atoms with Crippen molar-refractivity contribution in [2.45, 2.75) is 13.8 Å². The van der Waals surface area contributed by atoms with Crippen LogP contribution < -0.4 is 10.6 Å². The van der Waals surface area contributed by atoms with Gasteiger partial charge >= 0.3 is 0 Å². The summed E-state index contributed by atoms with van der Waals surface area (Å²) < 4.78 is 0. The number of hydrogen-bond acceptors (Lipinski definition) is 2. The van der Waals surface area contributed by atoms with E-state index in [-0.39, 0.29) is 0 Å². The summed E-state index contributed by atoms with van der Waals surface area (Å²) in [5.41, 5.74) is 3.44. The second-order valence-electron chi connectivity index (χ2n) is 3.53. The first-order valence-corrected chi connectivity index (χ1v) is 4.67. The molecular weight excluding hydrogens is 160 g/mol. The van der Waals surface area contributed by atoms with Crippen LogP contribution in [0, 0.1) is 5.92 Å². The molecule has 72 valence electrons. The van der Waals surface area contributed by atoms with Crippen LogP contribution in [0.2, 0.25) is 0 Å². The maximum Gasteiger partial charge on any atom is 0.0574 e. The van der Waals surface area contributed by atoms with E-state index in [2.05, 4.69) is 43.2 Å². The Balaban J connectivity index is 2.78. The SMILES string of the molecule is C=C(NC)C1=CC(C(C)C)=CCN1. The van der Waals surface area contributed by atoms with E-state index in [1.165, 1.54) is 5.57 Å². The van der Waals surface area contributed by atoms with Crippen molar-refractivity contribution < 1.29 is 0 Å². The van der Waals surface area contributed by atoms with Crippen molar-refractivity contribution in [2.75, 3.05) is 13.6 Å². The van der Waals surface area contributed by atoms with E-state index in [9.17, 15) is 0 Å². The molecule has 0 saturated carbocycles. The molecule has 2 N–H and O–H groups in total. The van der Waals surface area contributed by atoms with Crippen molar-refractivity contribution >= 4 is 0 Å². The summed E-state index contributed by atoms with van der Waals surface area (Å²) in [4.78, 5) is 0. The fourth-order valence-electron chi connectivity index (χ4n) is 1.29. The summed E-state index contributed by atoms with van der Waals surface area (Å²) in [5, 5.41) is 6.32. The van der Waals surface area contributed by atoms with Crippen molar-refractivity contribution in [3.8, 4) is 0 Å². The summed E-state index contributed by atoms with van der Waals surface area (Å²) in [7, 11) is 1.89. The van der Waals surface area contributed by atoms with Crippen LogP contribution in [0.25, 0.3) is 0 Å². The van der Waals surface area contributed by atoms with Crippen molar-refractivity contribution in [3.05, 3.63) is 35.7 Å². The lowest BCUT2D eigenvalue weighted by molar-refractivity contribution is 0.752. The smallest absolute Gasteiger partial charge is 0.0574 e. The first-order chi connectivity index (χ1) is 6.15. The Morgan fingerprint density at radius 2 is 2.31 bits per heavy atom. The fraction of sp³-hybridized carbons (Fsp3) is 0.455. The molecule has 0 spiro atoms. The lowest BCUT2D eigenvalue weighted by Gasteiger charge is -2.19. The topological polar surface area (TPSA) is 24.1 Å². The molecule has 1 aliphatic heterocycles. The van der Waals surface area contributed by atoms with Gasteiger partial charge in [0.2, 0.25) is 0 Å². The van der Waals surface area contributed by atoms with Crippen LogP contribution in [-0.2, 0) is 0 Å². The molecule has 2 nitrogen and oxygen atoms in total. The minimum atomic E-state index is 0.585. The Labute approximate surface area is 80.4 Å². The highest BCUT2D eigenvalue weighted by Crippen LogP contribution is 2.17. The molecule has 1 rings (SSSR count). The van der Waals surface area contributed by atoms with Crippen LogP contribution in [-0.4, -0.2) is 13.6 Å². The highest BCUT2D eigenvalue weighted by atomic mass is 15.0. The third-order valence-corrected chi connectivity index (χ3v) is 2.23. The van der Waals surface area contributed by atoms with Crippen LogP contribution >= 0.6 is 0 Å². The summed E-state index contributed by atoms with van der Waals surface area (Å²) in [6, 6.07) is 0.